The molecule has 3 aromatic rings. The van der Waals surface area contributed by atoms with Crippen LogP contribution in [0.4, 0.5) is 0 Å². The average Bonchev–Trinajstić information content (AvgIpc) is 2.55. The number of fused-ring (bicyclic) bond motifs is 1. The zero-order chi connectivity index (χ0) is 16.4. The number of rotatable bonds is 3. The second-order valence-electron chi connectivity index (χ2n) is 5.80. The Kier molecular flexibility index (Phi) is 4.06. The first-order valence-corrected chi connectivity index (χ1v) is 7.63. The van der Waals surface area contributed by atoms with Crippen molar-refractivity contribution < 1.29 is 4.79 Å². The summed E-state index contributed by atoms with van der Waals surface area (Å²) in [6.07, 6.45) is 3.48. The zero-order valence-electron chi connectivity index (χ0n) is 13.5. The summed E-state index contributed by atoms with van der Waals surface area (Å²) in [5.41, 5.74) is 4.38. The van der Waals surface area contributed by atoms with Gasteiger partial charge in [-0.25, -0.2) is 0 Å². The molecule has 0 radical (unpaired) electrons. The van der Waals surface area contributed by atoms with Crippen LogP contribution in [0.25, 0.3) is 10.9 Å². The molecule has 1 unspecified atom stereocenters. The Morgan fingerprint density at radius 1 is 1.17 bits per heavy atom. The van der Waals surface area contributed by atoms with Crippen LogP contribution in [0.5, 0.6) is 0 Å². The molecular weight excluding hydrogens is 286 g/mol. The predicted octanol–water partition coefficient (Wildman–Crippen LogP) is 3.74. The number of aryl methyl sites for hydroxylation is 2. The lowest BCUT2D eigenvalue weighted by atomic mass is 10.1. The largest absolute Gasteiger partial charge is 0.345 e. The molecule has 0 saturated heterocycles. The topological polar surface area (TPSA) is 54.9 Å². The smallest absolute Gasteiger partial charge is 0.253 e. The number of nitrogens with one attached hydrogen (secondary N) is 1. The second-order valence-corrected chi connectivity index (χ2v) is 5.80. The number of aromatic nitrogens is 2. The quantitative estimate of drug-likeness (QED) is 0.802. The third kappa shape index (κ3) is 3.21. The minimum absolute atomic E-state index is 0.108. The number of nitrogens with zero attached hydrogens (tertiary/aromatic N) is 2. The van der Waals surface area contributed by atoms with Crippen LogP contribution in [0.15, 0.2) is 48.8 Å². The van der Waals surface area contributed by atoms with Crippen molar-refractivity contribution in [1.29, 1.82) is 0 Å². The first-order valence-electron chi connectivity index (χ1n) is 7.63. The highest BCUT2D eigenvalue weighted by atomic mass is 16.1. The normalized spacial score (nSPS) is 12.1. The number of hydrogen-bond acceptors (Lipinski definition) is 3. The number of hydrogen-bond donors (Lipinski definition) is 1. The molecule has 0 saturated carbocycles. The van der Waals surface area contributed by atoms with Crippen LogP contribution >= 0.6 is 0 Å². The highest BCUT2D eigenvalue weighted by Gasteiger charge is 2.15. The van der Waals surface area contributed by atoms with Crippen molar-refractivity contribution in [3.63, 3.8) is 0 Å². The Bertz CT molecular complexity index is 859. The van der Waals surface area contributed by atoms with Crippen molar-refractivity contribution in [2.75, 3.05) is 0 Å². The van der Waals surface area contributed by atoms with Crippen LogP contribution in [0.2, 0.25) is 0 Å². The van der Waals surface area contributed by atoms with Crippen molar-refractivity contribution in [2.45, 2.75) is 26.8 Å². The summed E-state index contributed by atoms with van der Waals surface area (Å²) in [7, 11) is 0. The molecule has 3 rings (SSSR count). The van der Waals surface area contributed by atoms with Crippen LogP contribution in [0, 0.1) is 13.8 Å². The van der Waals surface area contributed by atoms with E-state index in [-0.39, 0.29) is 11.9 Å². The van der Waals surface area contributed by atoms with E-state index in [2.05, 4.69) is 15.3 Å². The van der Waals surface area contributed by atoms with Crippen LogP contribution < -0.4 is 5.32 Å². The number of carbonyl (C=O) groups excluding carboxylic acids is 1. The van der Waals surface area contributed by atoms with E-state index in [4.69, 9.17) is 0 Å². The van der Waals surface area contributed by atoms with Crippen LogP contribution in [-0.4, -0.2) is 15.9 Å². The molecule has 2 aromatic heterocycles. The van der Waals surface area contributed by atoms with Crippen LogP contribution in [0.3, 0.4) is 0 Å². The Hall–Kier alpha value is -2.75. The maximum absolute atomic E-state index is 12.6. The van der Waals surface area contributed by atoms with E-state index in [1.807, 2.05) is 57.2 Å². The van der Waals surface area contributed by atoms with Gasteiger partial charge in [0.25, 0.3) is 5.91 Å². The minimum Gasteiger partial charge on any atom is -0.345 e. The van der Waals surface area contributed by atoms with E-state index >= 15 is 0 Å². The van der Waals surface area contributed by atoms with Crippen molar-refractivity contribution in [2.24, 2.45) is 0 Å². The molecule has 0 aliphatic rings. The molecule has 23 heavy (non-hydrogen) atoms. The first kappa shape index (κ1) is 15.2. The van der Waals surface area contributed by atoms with Gasteiger partial charge in [-0.3, -0.25) is 14.8 Å². The number of benzene rings is 1. The SMILES string of the molecule is Cc1ccc2nc(C)c(C(=O)NC(C)c3cccnc3)cc2c1. The summed E-state index contributed by atoms with van der Waals surface area (Å²) in [6.45, 7) is 5.84. The third-order valence-corrected chi connectivity index (χ3v) is 3.94. The first-order chi connectivity index (χ1) is 11.0. The lowest BCUT2D eigenvalue weighted by Crippen LogP contribution is -2.27. The van der Waals surface area contributed by atoms with Gasteiger partial charge < -0.3 is 5.32 Å². The average molecular weight is 305 g/mol. The maximum Gasteiger partial charge on any atom is 0.253 e. The van der Waals surface area contributed by atoms with E-state index in [9.17, 15) is 4.79 Å². The molecule has 0 aliphatic heterocycles. The van der Waals surface area contributed by atoms with E-state index < -0.39 is 0 Å². The third-order valence-electron chi connectivity index (χ3n) is 3.94. The van der Waals surface area contributed by atoms with Gasteiger partial charge >= 0.3 is 0 Å². The molecule has 2 heterocycles. The molecule has 0 fully saturated rings. The minimum atomic E-state index is -0.116. The zero-order valence-corrected chi connectivity index (χ0v) is 13.5. The summed E-state index contributed by atoms with van der Waals surface area (Å²) >= 11 is 0. The summed E-state index contributed by atoms with van der Waals surface area (Å²) in [5.74, 6) is -0.116. The van der Waals surface area contributed by atoms with E-state index in [0.29, 0.717) is 5.56 Å². The van der Waals surface area contributed by atoms with Gasteiger partial charge in [-0.05, 0) is 50.6 Å². The number of pyridine rings is 2. The molecule has 1 amide bonds. The van der Waals surface area contributed by atoms with Crippen molar-refractivity contribution in [3.05, 3.63) is 71.2 Å². The molecule has 1 atom stereocenters. The molecule has 116 valence electrons. The highest BCUT2D eigenvalue weighted by molar-refractivity contribution is 5.98. The van der Waals surface area contributed by atoms with Gasteiger partial charge in [-0.1, -0.05) is 17.7 Å². The molecule has 4 heteroatoms. The van der Waals surface area contributed by atoms with Crippen LogP contribution in [0.1, 0.15) is 40.1 Å². The highest BCUT2D eigenvalue weighted by Crippen LogP contribution is 2.19. The lowest BCUT2D eigenvalue weighted by Gasteiger charge is -2.15. The molecule has 0 aliphatic carbocycles. The van der Waals surface area contributed by atoms with Crippen molar-refractivity contribution >= 4 is 16.8 Å². The van der Waals surface area contributed by atoms with E-state index in [0.717, 1.165) is 27.7 Å². The summed E-state index contributed by atoms with van der Waals surface area (Å²) in [4.78, 5) is 21.2. The monoisotopic (exact) mass is 305 g/mol. The van der Waals surface area contributed by atoms with Gasteiger partial charge in [-0.15, -0.1) is 0 Å². The number of carbonyl (C=O) groups is 1. The Labute approximate surface area is 135 Å². The predicted molar refractivity (Wildman–Crippen MR) is 91.3 cm³/mol. The summed E-state index contributed by atoms with van der Waals surface area (Å²) < 4.78 is 0. The Morgan fingerprint density at radius 2 is 2.00 bits per heavy atom. The second kappa shape index (κ2) is 6.16. The molecule has 1 aromatic carbocycles. The fraction of sp³-hybridized carbons (Fsp3) is 0.211. The van der Waals surface area contributed by atoms with E-state index in [1.165, 1.54) is 0 Å². The molecule has 4 nitrogen and oxygen atoms in total. The summed E-state index contributed by atoms with van der Waals surface area (Å²) in [5, 5.41) is 3.99. The molecule has 1 N–H and O–H groups in total. The summed E-state index contributed by atoms with van der Waals surface area (Å²) in [6, 6.07) is 11.7. The van der Waals surface area contributed by atoms with Crippen LogP contribution in [-0.2, 0) is 0 Å². The van der Waals surface area contributed by atoms with Gasteiger partial charge in [0.05, 0.1) is 22.8 Å². The van der Waals surface area contributed by atoms with Gasteiger partial charge in [-0.2, -0.15) is 0 Å². The van der Waals surface area contributed by atoms with E-state index in [1.54, 1.807) is 12.4 Å². The molecule has 0 bridgehead atoms. The lowest BCUT2D eigenvalue weighted by molar-refractivity contribution is 0.0939. The molecule has 0 spiro atoms. The molecular formula is C19H19N3O. The van der Waals surface area contributed by atoms with Gasteiger partial charge in [0.15, 0.2) is 0 Å². The van der Waals surface area contributed by atoms with Gasteiger partial charge in [0, 0.05) is 17.8 Å². The van der Waals surface area contributed by atoms with Crippen molar-refractivity contribution in [3.8, 4) is 0 Å². The van der Waals surface area contributed by atoms with Gasteiger partial charge in [0.1, 0.15) is 0 Å². The van der Waals surface area contributed by atoms with Crippen molar-refractivity contribution in [1.82, 2.24) is 15.3 Å². The van der Waals surface area contributed by atoms with Gasteiger partial charge in [0.2, 0.25) is 0 Å². The standard InChI is InChI=1S/C19H19N3O/c1-12-6-7-18-16(9-12)10-17(14(3)21-18)19(23)22-13(2)15-5-4-8-20-11-15/h4-11,13H,1-3H3,(H,22,23). The fourth-order valence-electron chi connectivity index (χ4n) is 2.61. The maximum atomic E-state index is 12.6. The number of amides is 1. The Morgan fingerprint density at radius 3 is 2.74 bits per heavy atom. The Balaban J connectivity index is 1.90. The fourth-order valence-corrected chi connectivity index (χ4v) is 2.61.